The van der Waals surface area contributed by atoms with Crippen molar-refractivity contribution in [1.29, 1.82) is 0 Å². The molecule has 0 radical (unpaired) electrons. The largest absolute Gasteiger partial charge is 0.349 e. The first-order valence-electron chi connectivity index (χ1n) is 8.49. The number of carbonyl (C=O) groups is 1. The summed E-state index contributed by atoms with van der Waals surface area (Å²) in [5.74, 6) is 0.855. The van der Waals surface area contributed by atoms with E-state index in [9.17, 15) is 4.79 Å². The topological polar surface area (TPSA) is 41.1 Å². The van der Waals surface area contributed by atoms with Crippen LogP contribution in [0.25, 0.3) is 0 Å². The van der Waals surface area contributed by atoms with Crippen molar-refractivity contribution in [3.8, 4) is 0 Å². The third-order valence-electron chi connectivity index (χ3n) is 4.30. The van der Waals surface area contributed by atoms with Crippen molar-refractivity contribution >= 4 is 5.91 Å². The molecule has 22 heavy (non-hydrogen) atoms. The van der Waals surface area contributed by atoms with Crippen LogP contribution in [0.4, 0.5) is 0 Å². The summed E-state index contributed by atoms with van der Waals surface area (Å²) in [7, 11) is 0. The SMILES string of the molecule is CC(C)(C)CC(NC(=O)CCC1CCNC1)c1ccccc1. The van der Waals surface area contributed by atoms with Crippen molar-refractivity contribution in [2.75, 3.05) is 13.1 Å². The summed E-state index contributed by atoms with van der Waals surface area (Å²) >= 11 is 0. The summed E-state index contributed by atoms with van der Waals surface area (Å²) in [6.07, 6.45) is 3.79. The molecular weight excluding hydrogens is 272 g/mol. The van der Waals surface area contributed by atoms with Gasteiger partial charge in [-0.25, -0.2) is 0 Å². The zero-order valence-corrected chi connectivity index (χ0v) is 14.2. The molecule has 1 saturated heterocycles. The van der Waals surface area contributed by atoms with Crippen LogP contribution in [-0.4, -0.2) is 19.0 Å². The highest BCUT2D eigenvalue weighted by Gasteiger charge is 2.22. The second-order valence-electron chi connectivity index (χ2n) is 7.69. The number of nitrogens with one attached hydrogen (secondary N) is 2. The van der Waals surface area contributed by atoms with E-state index in [1.807, 2.05) is 18.2 Å². The Hall–Kier alpha value is -1.35. The first kappa shape index (κ1) is 17.0. The molecule has 2 unspecified atom stereocenters. The van der Waals surface area contributed by atoms with Gasteiger partial charge in [-0.05, 0) is 49.2 Å². The standard InChI is InChI=1S/C19H30N2O/c1-19(2,3)13-17(16-7-5-4-6-8-16)21-18(22)10-9-15-11-12-20-14-15/h4-8,15,17,20H,9-14H2,1-3H3,(H,21,22). The first-order chi connectivity index (χ1) is 10.4. The van der Waals surface area contributed by atoms with Gasteiger partial charge >= 0.3 is 0 Å². The number of hydrogen-bond donors (Lipinski definition) is 2. The van der Waals surface area contributed by atoms with Gasteiger partial charge in [-0.1, -0.05) is 51.1 Å². The quantitative estimate of drug-likeness (QED) is 0.842. The van der Waals surface area contributed by atoms with Crippen LogP contribution in [0, 0.1) is 11.3 Å². The molecule has 1 heterocycles. The van der Waals surface area contributed by atoms with Crippen LogP contribution in [0.2, 0.25) is 0 Å². The zero-order chi connectivity index (χ0) is 16.0. The van der Waals surface area contributed by atoms with E-state index in [1.54, 1.807) is 0 Å². The molecule has 0 saturated carbocycles. The van der Waals surface area contributed by atoms with Gasteiger partial charge in [-0.15, -0.1) is 0 Å². The minimum atomic E-state index is 0.107. The summed E-state index contributed by atoms with van der Waals surface area (Å²) in [5.41, 5.74) is 1.39. The Morgan fingerprint density at radius 3 is 2.64 bits per heavy atom. The van der Waals surface area contributed by atoms with Crippen molar-refractivity contribution in [1.82, 2.24) is 10.6 Å². The van der Waals surface area contributed by atoms with Gasteiger partial charge in [0.05, 0.1) is 6.04 Å². The maximum Gasteiger partial charge on any atom is 0.220 e. The highest BCUT2D eigenvalue weighted by Crippen LogP contribution is 2.29. The van der Waals surface area contributed by atoms with Crippen molar-refractivity contribution in [2.24, 2.45) is 11.3 Å². The molecule has 0 aliphatic carbocycles. The zero-order valence-electron chi connectivity index (χ0n) is 14.2. The Labute approximate surface area is 134 Å². The van der Waals surface area contributed by atoms with E-state index in [-0.39, 0.29) is 17.4 Å². The molecule has 0 bridgehead atoms. The lowest BCUT2D eigenvalue weighted by Crippen LogP contribution is -2.31. The fourth-order valence-corrected chi connectivity index (χ4v) is 3.11. The Morgan fingerprint density at radius 1 is 1.32 bits per heavy atom. The third-order valence-corrected chi connectivity index (χ3v) is 4.30. The summed E-state index contributed by atoms with van der Waals surface area (Å²) in [6, 6.07) is 10.4. The average Bonchev–Trinajstić information content (AvgIpc) is 2.97. The number of carbonyl (C=O) groups excluding carboxylic acids is 1. The van der Waals surface area contributed by atoms with Crippen molar-refractivity contribution in [3.63, 3.8) is 0 Å². The van der Waals surface area contributed by atoms with E-state index in [0.717, 1.165) is 25.9 Å². The molecule has 3 nitrogen and oxygen atoms in total. The second kappa shape index (κ2) is 7.77. The summed E-state index contributed by atoms with van der Waals surface area (Å²) in [6.45, 7) is 8.83. The van der Waals surface area contributed by atoms with E-state index in [2.05, 4.69) is 43.5 Å². The van der Waals surface area contributed by atoms with Gasteiger partial charge in [-0.2, -0.15) is 0 Å². The molecule has 2 N–H and O–H groups in total. The van der Waals surface area contributed by atoms with E-state index in [1.165, 1.54) is 12.0 Å². The Morgan fingerprint density at radius 2 is 2.05 bits per heavy atom. The van der Waals surface area contributed by atoms with Gasteiger partial charge in [0.15, 0.2) is 0 Å². The predicted molar refractivity (Wildman–Crippen MR) is 91.6 cm³/mol. The van der Waals surface area contributed by atoms with Crippen LogP contribution >= 0.6 is 0 Å². The van der Waals surface area contributed by atoms with Crippen LogP contribution in [0.1, 0.15) is 58.1 Å². The molecule has 1 aliphatic rings. The molecule has 2 atom stereocenters. The van der Waals surface area contributed by atoms with Crippen LogP contribution < -0.4 is 10.6 Å². The van der Waals surface area contributed by atoms with Gasteiger partial charge < -0.3 is 10.6 Å². The molecule has 1 aliphatic heterocycles. The summed E-state index contributed by atoms with van der Waals surface area (Å²) in [4.78, 5) is 12.3. The van der Waals surface area contributed by atoms with Gasteiger partial charge in [0.1, 0.15) is 0 Å². The van der Waals surface area contributed by atoms with Crippen molar-refractivity contribution in [3.05, 3.63) is 35.9 Å². The van der Waals surface area contributed by atoms with Crippen LogP contribution in [-0.2, 0) is 4.79 Å². The molecule has 1 aromatic rings. The van der Waals surface area contributed by atoms with Gasteiger partial charge in [-0.3, -0.25) is 4.79 Å². The predicted octanol–water partition coefficient (Wildman–Crippen LogP) is 3.67. The van der Waals surface area contributed by atoms with E-state index in [0.29, 0.717) is 12.3 Å². The fraction of sp³-hybridized carbons (Fsp3) is 0.632. The first-order valence-corrected chi connectivity index (χ1v) is 8.49. The second-order valence-corrected chi connectivity index (χ2v) is 7.69. The summed E-state index contributed by atoms with van der Waals surface area (Å²) in [5, 5.41) is 6.62. The number of hydrogen-bond acceptors (Lipinski definition) is 2. The Bertz CT molecular complexity index is 458. The van der Waals surface area contributed by atoms with E-state index >= 15 is 0 Å². The number of benzene rings is 1. The maximum absolute atomic E-state index is 12.3. The minimum absolute atomic E-state index is 0.107. The molecule has 0 aromatic heterocycles. The minimum Gasteiger partial charge on any atom is -0.349 e. The van der Waals surface area contributed by atoms with Crippen molar-refractivity contribution in [2.45, 2.75) is 52.5 Å². The van der Waals surface area contributed by atoms with Crippen molar-refractivity contribution < 1.29 is 4.79 Å². The lowest BCUT2D eigenvalue weighted by Gasteiger charge is -2.27. The lowest BCUT2D eigenvalue weighted by molar-refractivity contribution is -0.122. The van der Waals surface area contributed by atoms with Crippen LogP contribution in [0.15, 0.2) is 30.3 Å². The van der Waals surface area contributed by atoms with E-state index in [4.69, 9.17) is 0 Å². The normalized spacial score (nSPS) is 19.9. The summed E-state index contributed by atoms with van der Waals surface area (Å²) < 4.78 is 0. The van der Waals surface area contributed by atoms with Gasteiger partial charge in [0, 0.05) is 6.42 Å². The van der Waals surface area contributed by atoms with Gasteiger partial charge in [0.2, 0.25) is 5.91 Å². The molecule has 1 fully saturated rings. The van der Waals surface area contributed by atoms with Crippen LogP contribution in [0.5, 0.6) is 0 Å². The van der Waals surface area contributed by atoms with Crippen LogP contribution in [0.3, 0.4) is 0 Å². The molecule has 3 heteroatoms. The number of amides is 1. The highest BCUT2D eigenvalue weighted by molar-refractivity contribution is 5.76. The Balaban J connectivity index is 1.92. The molecule has 2 rings (SSSR count). The molecule has 0 spiro atoms. The average molecular weight is 302 g/mol. The smallest absolute Gasteiger partial charge is 0.220 e. The molecule has 1 amide bonds. The monoisotopic (exact) mass is 302 g/mol. The molecule has 1 aromatic carbocycles. The third kappa shape index (κ3) is 5.80. The fourth-order valence-electron chi connectivity index (χ4n) is 3.11. The number of rotatable bonds is 6. The van der Waals surface area contributed by atoms with Gasteiger partial charge in [0.25, 0.3) is 0 Å². The molecular formula is C19H30N2O. The van der Waals surface area contributed by atoms with E-state index < -0.39 is 0 Å². The Kier molecular flexibility index (Phi) is 6.01. The maximum atomic E-state index is 12.3. The highest BCUT2D eigenvalue weighted by atomic mass is 16.1. The molecule has 122 valence electrons. The lowest BCUT2D eigenvalue weighted by atomic mass is 9.85.